The van der Waals surface area contributed by atoms with Crippen molar-refractivity contribution in [2.45, 2.75) is 285 Å². The predicted octanol–water partition coefficient (Wildman–Crippen LogP) is -3.83. The minimum atomic E-state index is -1.97. The Labute approximate surface area is 527 Å². The first-order valence-electron chi connectivity index (χ1n) is 32.4. The van der Waals surface area contributed by atoms with Gasteiger partial charge in [-0.1, -0.05) is 60.1 Å². The van der Waals surface area contributed by atoms with Crippen molar-refractivity contribution >= 4 is 5.97 Å². The Morgan fingerprint density at radius 2 is 1.05 bits per heavy atom. The molecule has 35 unspecified atom stereocenters. The summed E-state index contributed by atoms with van der Waals surface area (Å²) in [4.78, 5) is 15.5. The molecule has 5 aliphatic carbocycles. The molecule has 0 spiro atoms. The van der Waals surface area contributed by atoms with Crippen LogP contribution in [0.3, 0.4) is 0 Å². The van der Waals surface area contributed by atoms with Crippen molar-refractivity contribution in [2.24, 2.45) is 50.2 Å². The average Bonchev–Trinajstić information content (AvgIpc) is 0.673. The Balaban J connectivity index is 0.772. The molecule has 29 heteroatoms. The van der Waals surface area contributed by atoms with Crippen molar-refractivity contribution < 1.29 is 143 Å². The van der Waals surface area contributed by atoms with Crippen LogP contribution in [0.4, 0.5) is 0 Å². The van der Waals surface area contributed by atoms with Crippen LogP contribution in [0.5, 0.6) is 0 Å². The van der Waals surface area contributed by atoms with Gasteiger partial charge in [-0.2, -0.15) is 0 Å². The van der Waals surface area contributed by atoms with Crippen LogP contribution in [0.2, 0.25) is 0 Å². The summed E-state index contributed by atoms with van der Waals surface area (Å²) >= 11 is 0. The summed E-state index contributed by atoms with van der Waals surface area (Å²) < 4.78 is 70.6. The third-order valence-electron chi connectivity index (χ3n) is 24.0. The zero-order valence-electron chi connectivity index (χ0n) is 52.8. The van der Waals surface area contributed by atoms with Crippen molar-refractivity contribution in [1.29, 1.82) is 0 Å². The van der Waals surface area contributed by atoms with E-state index in [-0.39, 0.29) is 42.1 Å². The van der Waals surface area contributed by atoms with Gasteiger partial charge in [-0.3, -0.25) is 4.79 Å². The molecule has 16 N–H and O–H groups in total. The lowest BCUT2D eigenvalue weighted by Crippen LogP contribution is -2.68. The van der Waals surface area contributed by atoms with Crippen LogP contribution in [0, 0.1) is 50.2 Å². The number of hydrogen-bond donors (Lipinski definition) is 16. The van der Waals surface area contributed by atoms with Gasteiger partial charge in [0.1, 0.15) is 115 Å². The molecule has 4 saturated carbocycles. The summed E-state index contributed by atoms with van der Waals surface area (Å²) in [6.07, 6.45) is -35.9. The van der Waals surface area contributed by atoms with Gasteiger partial charge in [0.2, 0.25) is 6.29 Å². The van der Waals surface area contributed by atoms with Crippen molar-refractivity contribution in [3.8, 4) is 0 Å². The lowest BCUT2D eigenvalue weighted by molar-refractivity contribution is -0.375. The second-order valence-corrected chi connectivity index (χ2v) is 30.2. The van der Waals surface area contributed by atoms with Crippen molar-refractivity contribution in [3.63, 3.8) is 0 Å². The van der Waals surface area contributed by atoms with Gasteiger partial charge in [-0.05, 0) is 110 Å². The topological polar surface area (TPSA) is 452 Å². The average molecular weight is 1310 g/mol. The van der Waals surface area contributed by atoms with E-state index < -0.39 is 232 Å². The summed E-state index contributed by atoms with van der Waals surface area (Å²) in [5.41, 5.74) is -2.58. The van der Waals surface area contributed by atoms with E-state index in [0.29, 0.717) is 32.1 Å². The number of aliphatic hydroxyl groups is 16. The first-order valence-corrected chi connectivity index (χ1v) is 32.4. The Bertz CT molecular complexity index is 2570. The maximum Gasteiger partial charge on any atom is 0.317 e. The number of ether oxygens (including phenoxy) is 12. The molecule has 0 radical (unpaired) electrons. The Hall–Kier alpha value is -1.87. The van der Waals surface area contributed by atoms with Crippen molar-refractivity contribution in [3.05, 3.63) is 11.6 Å². The van der Waals surface area contributed by atoms with E-state index in [4.69, 9.17) is 56.8 Å². The third kappa shape index (κ3) is 12.1. The fraction of sp³-hybridized carbons (Fsp3) is 0.952. The molecule has 0 aromatic rings. The van der Waals surface area contributed by atoms with E-state index in [1.54, 1.807) is 0 Å². The highest BCUT2D eigenvalue weighted by molar-refractivity contribution is 5.80. The third-order valence-corrected chi connectivity index (χ3v) is 24.0. The number of esters is 1. The summed E-state index contributed by atoms with van der Waals surface area (Å²) in [5, 5.41) is 175. The quantitative estimate of drug-likeness (QED) is 0.0477. The molecule has 29 nitrogen and oxygen atoms in total. The van der Waals surface area contributed by atoms with Gasteiger partial charge in [-0.25, -0.2) is 0 Å². The van der Waals surface area contributed by atoms with Crippen LogP contribution < -0.4 is 0 Å². The van der Waals surface area contributed by atoms with Crippen LogP contribution in [0.15, 0.2) is 11.6 Å². The Morgan fingerprint density at radius 1 is 0.505 bits per heavy atom. The van der Waals surface area contributed by atoms with E-state index in [0.717, 1.165) is 18.4 Å². The highest BCUT2D eigenvalue weighted by Crippen LogP contribution is 2.76. The molecule has 6 heterocycles. The van der Waals surface area contributed by atoms with Gasteiger partial charge >= 0.3 is 5.97 Å². The summed E-state index contributed by atoms with van der Waals surface area (Å²) in [6, 6.07) is 0. The van der Waals surface area contributed by atoms with Crippen LogP contribution in [-0.2, 0) is 61.6 Å². The molecule has 0 aromatic carbocycles. The van der Waals surface area contributed by atoms with Gasteiger partial charge in [0.05, 0.1) is 51.3 Å². The molecular weight excluding hydrogens is 1210 g/mol. The maximum absolute atomic E-state index is 15.5. The maximum atomic E-state index is 15.5. The Morgan fingerprint density at radius 3 is 1.73 bits per heavy atom. The SMILES string of the molecule is CC1OC(OC2C(OC(=O)C34CCC(C)(C)CC3C3=CCC5C6(C)CCC(OC7OC(COC8OCC(O)C(O)C8O)C(O)C(O)C7O)C(C)(C)C6CCC5(C)C3(C)CC4O)OCC(O)C2O)C(O)C(O)C1OC1OCC(O)C(OC2OCC(O)C(O)C2O)C1O. The molecule has 0 amide bonds. The van der Waals surface area contributed by atoms with Crippen LogP contribution >= 0.6 is 0 Å². The van der Waals surface area contributed by atoms with Crippen LogP contribution in [-0.4, -0.2) is 293 Å². The molecule has 6 aliphatic heterocycles. The van der Waals surface area contributed by atoms with Gasteiger partial charge in [0.15, 0.2) is 37.6 Å². The molecule has 522 valence electrons. The molecule has 6 saturated heterocycles. The normalized spacial score (nSPS) is 54.8. The number of carbonyl (C=O) groups excluding carboxylic acids is 1. The van der Waals surface area contributed by atoms with Gasteiger partial charge in [0, 0.05) is 0 Å². The summed E-state index contributed by atoms with van der Waals surface area (Å²) in [7, 11) is 0. The smallest absolute Gasteiger partial charge is 0.317 e. The predicted molar refractivity (Wildman–Crippen MR) is 304 cm³/mol. The highest BCUT2D eigenvalue weighted by atomic mass is 16.8. The zero-order chi connectivity index (χ0) is 66.1. The van der Waals surface area contributed by atoms with E-state index >= 15 is 4.79 Å². The standard InChI is InChI=1S/C62H100O29/c1-24-47(88-52-46(78)48(30(66)22-82-52)89-51-43(75)37(69)28(64)20-81-51)41(73)45(77)53(85-24)90-49-38(70)29(65)21-83-55(49)91-56(79)62-16-15-57(2,3)17-26(62)25-9-10-33-59(6)13-12-35(58(4,5)32(59)11-14-60(33,7)61(25,8)18-34(62)67)87-54-44(76)40(72)39(71)31(86-54)23-84-50-42(74)36(68)27(63)19-80-50/h9,24,26-55,63-78H,10-23H2,1-8H3. The number of hydrogen-bond acceptors (Lipinski definition) is 29. The largest absolute Gasteiger partial charge is 0.432 e. The molecule has 10 fully saturated rings. The van der Waals surface area contributed by atoms with Gasteiger partial charge in [0.25, 0.3) is 0 Å². The van der Waals surface area contributed by atoms with Gasteiger partial charge < -0.3 is 139 Å². The van der Waals surface area contributed by atoms with E-state index in [2.05, 4.69) is 54.5 Å². The molecule has 11 aliphatic rings. The fourth-order valence-electron chi connectivity index (χ4n) is 18.3. The monoisotopic (exact) mass is 1310 g/mol. The lowest BCUT2D eigenvalue weighted by atomic mass is 9.33. The summed E-state index contributed by atoms with van der Waals surface area (Å²) in [6.45, 7) is 14.7. The number of rotatable bonds is 13. The lowest BCUT2D eigenvalue weighted by Gasteiger charge is -2.71. The minimum Gasteiger partial charge on any atom is -0.432 e. The second-order valence-electron chi connectivity index (χ2n) is 30.2. The van der Waals surface area contributed by atoms with Crippen LogP contribution in [0.1, 0.15) is 113 Å². The molecular formula is C62H100O29. The van der Waals surface area contributed by atoms with Gasteiger partial charge in [-0.15, -0.1) is 0 Å². The fourth-order valence-corrected chi connectivity index (χ4v) is 18.3. The van der Waals surface area contributed by atoms with Crippen molar-refractivity contribution in [2.75, 3.05) is 33.0 Å². The molecule has 0 bridgehead atoms. The van der Waals surface area contributed by atoms with E-state index in [1.165, 1.54) is 6.92 Å². The number of carbonyl (C=O) groups is 1. The van der Waals surface area contributed by atoms with E-state index in [9.17, 15) is 81.7 Å². The minimum absolute atomic E-state index is 0.0689. The van der Waals surface area contributed by atoms with E-state index in [1.807, 2.05) is 0 Å². The number of fused-ring (bicyclic) bond motifs is 7. The molecule has 11 rings (SSSR count). The highest BCUT2D eigenvalue weighted by Gasteiger charge is 2.72. The van der Waals surface area contributed by atoms with Crippen molar-refractivity contribution in [1.82, 2.24) is 0 Å². The first kappa shape index (κ1) is 70.4. The summed E-state index contributed by atoms with van der Waals surface area (Å²) in [5.74, 6) is -1.17. The molecule has 0 aromatic heterocycles. The van der Waals surface area contributed by atoms with Crippen LogP contribution in [0.25, 0.3) is 0 Å². The molecule has 91 heavy (non-hydrogen) atoms. The zero-order valence-corrected chi connectivity index (χ0v) is 52.8. The number of allylic oxidation sites excluding steroid dienone is 2. The second kappa shape index (κ2) is 26.1. The molecule has 35 atom stereocenters. The Kier molecular flexibility index (Phi) is 20.2. The number of aliphatic hydroxyl groups excluding tert-OH is 16. The first-order chi connectivity index (χ1) is 42.6.